The molecule has 324 valence electrons. The minimum absolute atomic E-state index is 0.191. The third-order valence-corrected chi connectivity index (χ3v) is 16.2. The molecule has 1 nitrogen and oxygen atoms in total. The summed E-state index contributed by atoms with van der Waals surface area (Å²) in [4.78, 5) is 2.57. The average molecular weight is 896 g/mol. The second-order valence-corrected chi connectivity index (χ2v) is 20.2. The van der Waals surface area contributed by atoms with Crippen LogP contribution in [0.2, 0.25) is 0 Å². The maximum atomic E-state index is 2.57. The number of fused-ring (bicyclic) bond motifs is 14. The van der Waals surface area contributed by atoms with E-state index in [9.17, 15) is 0 Å². The summed E-state index contributed by atoms with van der Waals surface area (Å²) in [6.45, 7) is 4.78. The molecule has 0 N–H and O–H groups in total. The number of thiophene rings is 1. The molecule has 1 aliphatic carbocycles. The number of anilines is 3. The number of benzene rings is 12. The van der Waals surface area contributed by atoms with Gasteiger partial charge < -0.3 is 4.90 Å². The Balaban J connectivity index is 1.16. The summed E-state index contributed by atoms with van der Waals surface area (Å²) in [6, 6.07) is 88.5. The third-order valence-electron chi connectivity index (χ3n) is 15.0. The van der Waals surface area contributed by atoms with Crippen LogP contribution in [0.1, 0.15) is 25.0 Å². The predicted octanol–water partition coefficient (Wildman–Crippen LogP) is 19.4. The van der Waals surface area contributed by atoms with Gasteiger partial charge in [0.25, 0.3) is 0 Å². The van der Waals surface area contributed by atoms with Gasteiger partial charge in [0.2, 0.25) is 0 Å². The van der Waals surface area contributed by atoms with Crippen LogP contribution in [0.15, 0.2) is 237 Å². The van der Waals surface area contributed by atoms with Crippen molar-refractivity contribution in [3.05, 3.63) is 248 Å². The second-order valence-electron chi connectivity index (χ2n) is 19.1. The van der Waals surface area contributed by atoms with Gasteiger partial charge in [-0.3, -0.25) is 0 Å². The number of rotatable bonds is 6. The summed E-state index contributed by atoms with van der Waals surface area (Å²) in [5, 5.41) is 12.7. The highest BCUT2D eigenvalue weighted by molar-refractivity contribution is 7.26. The van der Waals surface area contributed by atoms with Gasteiger partial charge in [0, 0.05) is 47.9 Å². The van der Waals surface area contributed by atoms with Crippen LogP contribution in [0.3, 0.4) is 0 Å². The van der Waals surface area contributed by atoms with Gasteiger partial charge in [-0.15, -0.1) is 11.3 Å². The Morgan fingerprint density at radius 1 is 0.333 bits per heavy atom. The molecule has 1 aromatic heterocycles. The van der Waals surface area contributed by atoms with Crippen LogP contribution in [0.5, 0.6) is 0 Å². The van der Waals surface area contributed by atoms with Crippen molar-refractivity contribution < 1.29 is 0 Å². The van der Waals surface area contributed by atoms with Crippen molar-refractivity contribution in [2.75, 3.05) is 4.90 Å². The minimum atomic E-state index is -0.191. The molecule has 0 atom stereocenters. The molecular formula is C67H45NS. The van der Waals surface area contributed by atoms with Crippen LogP contribution in [0.4, 0.5) is 17.1 Å². The Bertz CT molecular complexity index is 4180. The van der Waals surface area contributed by atoms with E-state index in [0.29, 0.717) is 0 Å². The molecule has 2 heteroatoms. The molecular weight excluding hydrogens is 851 g/mol. The quantitative estimate of drug-likeness (QED) is 0.150. The molecule has 1 heterocycles. The molecule has 0 unspecified atom stereocenters. The van der Waals surface area contributed by atoms with E-state index in [-0.39, 0.29) is 5.41 Å². The van der Waals surface area contributed by atoms with Crippen LogP contribution in [0.25, 0.3) is 108 Å². The Morgan fingerprint density at radius 3 is 1.64 bits per heavy atom. The molecule has 13 aromatic rings. The van der Waals surface area contributed by atoms with Gasteiger partial charge in [-0.2, -0.15) is 0 Å². The highest BCUT2D eigenvalue weighted by atomic mass is 32.1. The molecule has 0 radical (unpaired) electrons. The fraction of sp³-hybridized carbons (Fsp3) is 0.0448. The second kappa shape index (κ2) is 15.4. The summed E-state index contributed by atoms with van der Waals surface area (Å²) >= 11 is 1.90. The maximum absolute atomic E-state index is 2.57. The van der Waals surface area contributed by atoms with Gasteiger partial charge in [-0.25, -0.2) is 0 Å². The summed E-state index contributed by atoms with van der Waals surface area (Å²) in [5.41, 5.74) is 15.7. The van der Waals surface area contributed by atoms with Crippen molar-refractivity contribution in [1.29, 1.82) is 0 Å². The van der Waals surface area contributed by atoms with Gasteiger partial charge >= 0.3 is 0 Å². The summed E-state index contributed by atoms with van der Waals surface area (Å²) in [5.74, 6) is 0. The Morgan fingerprint density at radius 2 is 0.884 bits per heavy atom. The monoisotopic (exact) mass is 895 g/mol. The fourth-order valence-electron chi connectivity index (χ4n) is 11.9. The summed E-state index contributed by atoms with van der Waals surface area (Å²) in [7, 11) is 0. The van der Waals surface area contributed by atoms with E-state index in [1.54, 1.807) is 0 Å². The van der Waals surface area contributed by atoms with Gasteiger partial charge in [0.15, 0.2) is 0 Å². The zero-order valence-corrected chi connectivity index (χ0v) is 39.2. The van der Waals surface area contributed by atoms with Crippen molar-refractivity contribution in [3.63, 3.8) is 0 Å². The van der Waals surface area contributed by atoms with Crippen LogP contribution in [0, 0.1) is 0 Å². The van der Waals surface area contributed by atoms with E-state index in [4.69, 9.17) is 0 Å². The van der Waals surface area contributed by atoms with Gasteiger partial charge in [0.05, 0.1) is 5.69 Å². The molecule has 14 rings (SSSR count). The van der Waals surface area contributed by atoms with E-state index in [2.05, 4.69) is 255 Å². The van der Waals surface area contributed by atoms with Gasteiger partial charge in [-0.1, -0.05) is 208 Å². The first-order valence-electron chi connectivity index (χ1n) is 24.0. The molecule has 69 heavy (non-hydrogen) atoms. The third kappa shape index (κ3) is 6.02. The minimum Gasteiger partial charge on any atom is -0.310 e. The Hall–Kier alpha value is -8.30. The molecule has 1 aliphatic rings. The molecule has 0 saturated heterocycles. The zero-order valence-electron chi connectivity index (χ0n) is 38.4. The largest absolute Gasteiger partial charge is 0.310 e. The standard InChI is InChI=1S/C67H45NS/c1-67(2)58-30-16-15-27-52(58)53-36-34-46(41-59(53)67)68(45-33-35-47(42-18-5-3-6-19-42)57(40-45)43-20-7-4-8-21-43)60-38-37-55-51-26-12-11-24-49(51)50-25-13-14-28-54(50)63(55)64(60)56-29-17-31-61-66(56)65-48-23-10-9-22-44(48)32-39-62(65)69-61/h3-41H,1-2H3. The predicted molar refractivity (Wildman–Crippen MR) is 298 cm³/mol. The Labute approximate surface area is 405 Å². The first-order chi connectivity index (χ1) is 34.0. The van der Waals surface area contributed by atoms with Crippen LogP contribution in [-0.2, 0) is 5.41 Å². The highest BCUT2D eigenvalue weighted by Crippen LogP contribution is 2.55. The smallest absolute Gasteiger partial charge is 0.0546 e. The van der Waals surface area contributed by atoms with E-state index >= 15 is 0 Å². The van der Waals surface area contributed by atoms with Crippen molar-refractivity contribution >= 4 is 91.7 Å². The summed E-state index contributed by atoms with van der Waals surface area (Å²) < 4.78 is 2.59. The zero-order chi connectivity index (χ0) is 45.8. The lowest BCUT2D eigenvalue weighted by molar-refractivity contribution is 0.660. The summed E-state index contributed by atoms with van der Waals surface area (Å²) in [6.07, 6.45) is 0. The average Bonchev–Trinajstić information content (AvgIpc) is 3.91. The van der Waals surface area contributed by atoms with Crippen molar-refractivity contribution in [2.24, 2.45) is 0 Å². The molecule has 0 fully saturated rings. The van der Waals surface area contributed by atoms with Crippen LogP contribution >= 0.6 is 11.3 Å². The van der Waals surface area contributed by atoms with Crippen LogP contribution in [-0.4, -0.2) is 0 Å². The number of hydrogen-bond donors (Lipinski definition) is 0. The van der Waals surface area contributed by atoms with E-state index in [1.165, 1.54) is 119 Å². The number of nitrogens with zero attached hydrogens (tertiary/aromatic N) is 1. The van der Waals surface area contributed by atoms with E-state index < -0.39 is 0 Å². The van der Waals surface area contributed by atoms with E-state index in [0.717, 1.165) is 17.1 Å². The highest BCUT2D eigenvalue weighted by Gasteiger charge is 2.36. The van der Waals surface area contributed by atoms with Crippen molar-refractivity contribution in [1.82, 2.24) is 0 Å². The van der Waals surface area contributed by atoms with Gasteiger partial charge in [0.1, 0.15) is 0 Å². The molecule has 0 saturated carbocycles. The fourth-order valence-corrected chi connectivity index (χ4v) is 13.0. The molecule has 0 aliphatic heterocycles. The maximum Gasteiger partial charge on any atom is 0.0546 e. The molecule has 0 bridgehead atoms. The molecule has 0 amide bonds. The van der Waals surface area contributed by atoms with Gasteiger partial charge in [-0.05, 0) is 130 Å². The first-order valence-corrected chi connectivity index (χ1v) is 24.8. The van der Waals surface area contributed by atoms with Crippen molar-refractivity contribution in [2.45, 2.75) is 19.3 Å². The normalized spacial score (nSPS) is 12.9. The molecule has 0 spiro atoms. The topological polar surface area (TPSA) is 3.24 Å². The lowest BCUT2D eigenvalue weighted by atomic mass is 9.82. The first kappa shape index (κ1) is 39.8. The lowest BCUT2D eigenvalue weighted by Crippen LogP contribution is -2.17. The van der Waals surface area contributed by atoms with Crippen LogP contribution < -0.4 is 4.90 Å². The molecule has 12 aromatic carbocycles. The Kier molecular flexibility index (Phi) is 8.87. The number of hydrogen-bond acceptors (Lipinski definition) is 2. The van der Waals surface area contributed by atoms with Crippen molar-refractivity contribution in [3.8, 4) is 44.5 Å². The lowest BCUT2D eigenvalue weighted by Gasteiger charge is -2.31. The SMILES string of the molecule is CC1(C)c2ccccc2-c2ccc(N(c3ccc(-c4ccccc4)c(-c4ccccc4)c3)c3ccc4c5ccccc5c5ccccc5c4c3-c3cccc4sc5ccc6ccccc6c5c34)cc21. The van der Waals surface area contributed by atoms with E-state index in [1.807, 2.05) is 11.3 Å².